The van der Waals surface area contributed by atoms with E-state index in [1.807, 2.05) is 13.8 Å². The van der Waals surface area contributed by atoms with Gasteiger partial charge in [0.1, 0.15) is 6.54 Å². The van der Waals surface area contributed by atoms with Gasteiger partial charge in [0.15, 0.2) is 0 Å². The fourth-order valence-corrected chi connectivity index (χ4v) is 3.30. The van der Waals surface area contributed by atoms with Gasteiger partial charge < -0.3 is 9.80 Å². The number of imide groups is 1. The summed E-state index contributed by atoms with van der Waals surface area (Å²) in [5, 5.41) is 0. The standard InChI is InChI=1S/C19H23N3O4/c1-13(2)11-16(23)20-7-9-21(10-8-20)17(24)12-22-18(25)14-5-3-4-6-15(14)19(22)26/h3-6,13H,7-12H2,1-2H3. The van der Waals surface area contributed by atoms with Crippen LogP contribution in [0.1, 0.15) is 41.0 Å². The van der Waals surface area contributed by atoms with Crippen molar-refractivity contribution in [3.8, 4) is 0 Å². The first-order valence-corrected chi connectivity index (χ1v) is 8.89. The molecule has 3 rings (SSSR count). The average Bonchev–Trinajstić information content (AvgIpc) is 2.86. The third-order valence-corrected chi connectivity index (χ3v) is 4.74. The van der Waals surface area contributed by atoms with Crippen LogP contribution < -0.4 is 0 Å². The molecular formula is C19H23N3O4. The summed E-state index contributed by atoms with van der Waals surface area (Å²) < 4.78 is 0. The Balaban J connectivity index is 1.57. The molecule has 0 radical (unpaired) electrons. The molecule has 0 atom stereocenters. The van der Waals surface area contributed by atoms with E-state index in [4.69, 9.17) is 0 Å². The average molecular weight is 357 g/mol. The smallest absolute Gasteiger partial charge is 0.262 e. The molecular weight excluding hydrogens is 334 g/mol. The van der Waals surface area contributed by atoms with Gasteiger partial charge in [-0.2, -0.15) is 0 Å². The van der Waals surface area contributed by atoms with Gasteiger partial charge in [-0.15, -0.1) is 0 Å². The maximum atomic E-state index is 12.5. The number of nitrogens with zero attached hydrogens (tertiary/aromatic N) is 3. The molecule has 0 N–H and O–H groups in total. The van der Waals surface area contributed by atoms with Crippen molar-refractivity contribution in [1.29, 1.82) is 0 Å². The Morgan fingerprint density at radius 3 is 1.81 bits per heavy atom. The Bertz CT molecular complexity index is 716. The number of hydrogen-bond donors (Lipinski definition) is 0. The van der Waals surface area contributed by atoms with E-state index in [-0.39, 0.29) is 18.4 Å². The highest BCUT2D eigenvalue weighted by molar-refractivity contribution is 6.22. The SMILES string of the molecule is CC(C)CC(=O)N1CCN(C(=O)CN2C(=O)c3ccccc3C2=O)CC1. The van der Waals surface area contributed by atoms with E-state index in [2.05, 4.69) is 0 Å². The Morgan fingerprint density at radius 1 is 0.885 bits per heavy atom. The highest BCUT2D eigenvalue weighted by atomic mass is 16.2. The second-order valence-electron chi connectivity index (χ2n) is 7.10. The van der Waals surface area contributed by atoms with E-state index in [0.717, 1.165) is 4.90 Å². The molecule has 2 heterocycles. The Kier molecular flexibility index (Phi) is 5.06. The first-order valence-electron chi connectivity index (χ1n) is 8.89. The van der Waals surface area contributed by atoms with Crippen LogP contribution in [0.5, 0.6) is 0 Å². The van der Waals surface area contributed by atoms with Crippen LogP contribution in [0.15, 0.2) is 24.3 Å². The van der Waals surface area contributed by atoms with E-state index in [9.17, 15) is 19.2 Å². The molecule has 2 aliphatic rings. The maximum Gasteiger partial charge on any atom is 0.262 e. The molecule has 26 heavy (non-hydrogen) atoms. The number of benzene rings is 1. The van der Waals surface area contributed by atoms with Gasteiger partial charge >= 0.3 is 0 Å². The monoisotopic (exact) mass is 357 g/mol. The van der Waals surface area contributed by atoms with Gasteiger partial charge in [-0.3, -0.25) is 24.1 Å². The highest BCUT2D eigenvalue weighted by Gasteiger charge is 2.37. The summed E-state index contributed by atoms with van der Waals surface area (Å²) in [5.41, 5.74) is 0.684. The number of hydrogen-bond acceptors (Lipinski definition) is 4. The van der Waals surface area contributed by atoms with Crippen molar-refractivity contribution in [3.05, 3.63) is 35.4 Å². The molecule has 7 nitrogen and oxygen atoms in total. The Morgan fingerprint density at radius 2 is 1.35 bits per heavy atom. The van der Waals surface area contributed by atoms with Gasteiger partial charge in [0.2, 0.25) is 11.8 Å². The van der Waals surface area contributed by atoms with E-state index in [1.165, 1.54) is 0 Å². The molecule has 1 aromatic rings. The molecule has 0 spiro atoms. The zero-order valence-electron chi connectivity index (χ0n) is 15.1. The zero-order chi connectivity index (χ0) is 18.8. The molecule has 138 valence electrons. The predicted molar refractivity (Wildman–Crippen MR) is 94.4 cm³/mol. The molecule has 1 saturated heterocycles. The molecule has 0 unspecified atom stereocenters. The fraction of sp³-hybridized carbons (Fsp3) is 0.474. The minimum atomic E-state index is -0.426. The fourth-order valence-electron chi connectivity index (χ4n) is 3.30. The van der Waals surface area contributed by atoms with Crippen LogP contribution in [0.2, 0.25) is 0 Å². The van der Waals surface area contributed by atoms with Crippen molar-refractivity contribution >= 4 is 23.6 Å². The van der Waals surface area contributed by atoms with Crippen molar-refractivity contribution in [2.24, 2.45) is 5.92 Å². The molecule has 7 heteroatoms. The van der Waals surface area contributed by atoms with Crippen molar-refractivity contribution < 1.29 is 19.2 Å². The second-order valence-corrected chi connectivity index (χ2v) is 7.10. The van der Waals surface area contributed by atoms with Crippen LogP contribution >= 0.6 is 0 Å². The van der Waals surface area contributed by atoms with Gasteiger partial charge in [0.25, 0.3) is 11.8 Å². The lowest BCUT2D eigenvalue weighted by Gasteiger charge is -2.35. The van der Waals surface area contributed by atoms with Crippen LogP contribution in [0.25, 0.3) is 0 Å². The molecule has 0 aliphatic carbocycles. The lowest BCUT2D eigenvalue weighted by atomic mass is 10.1. The number of fused-ring (bicyclic) bond motifs is 1. The minimum Gasteiger partial charge on any atom is -0.339 e. The van der Waals surface area contributed by atoms with Crippen molar-refractivity contribution in [2.45, 2.75) is 20.3 Å². The van der Waals surface area contributed by atoms with Gasteiger partial charge in [-0.1, -0.05) is 26.0 Å². The van der Waals surface area contributed by atoms with Gasteiger partial charge in [0.05, 0.1) is 11.1 Å². The van der Waals surface area contributed by atoms with E-state index in [1.54, 1.807) is 34.1 Å². The van der Waals surface area contributed by atoms with Crippen LogP contribution in [0, 0.1) is 5.92 Å². The number of carbonyl (C=O) groups excluding carboxylic acids is 4. The molecule has 4 amide bonds. The Hall–Kier alpha value is -2.70. The molecule has 1 fully saturated rings. The molecule has 2 aliphatic heterocycles. The normalized spacial score (nSPS) is 17.1. The van der Waals surface area contributed by atoms with Crippen molar-refractivity contribution in [1.82, 2.24) is 14.7 Å². The van der Waals surface area contributed by atoms with Crippen LogP contribution in [0.3, 0.4) is 0 Å². The van der Waals surface area contributed by atoms with E-state index < -0.39 is 11.8 Å². The number of rotatable bonds is 4. The predicted octanol–water partition coefficient (Wildman–Crippen LogP) is 0.999. The van der Waals surface area contributed by atoms with Crippen molar-refractivity contribution in [3.63, 3.8) is 0 Å². The third kappa shape index (κ3) is 3.47. The van der Waals surface area contributed by atoms with Crippen LogP contribution in [0.4, 0.5) is 0 Å². The largest absolute Gasteiger partial charge is 0.339 e. The van der Waals surface area contributed by atoms with E-state index in [0.29, 0.717) is 49.6 Å². The summed E-state index contributed by atoms with van der Waals surface area (Å²) in [5.74, 6) is -0.715. The molecule has 0 saturated carbocycles. The highest BCUT2D eigenvalue weighted by Crippen LogP contribution is 2.22. The van der Waals surface area contributed by atoms with Crippen molar-refractivity contribution in [2.75, 3.05) is 32.7 Å². The number of amides is 4. The van der Waals surface area contributed by atoms with Gasteiger partial charge in [-0.05, 0) is 18.1 Å². The van der Waals surface area contributed by atoms with Crippen LogP contribution in [-0.4, -0.2) is 71.1 Å². The first kappa shape index (κ1) is 18.1. The zero-order valence-corrected chi connectivity index (χ0v) is 15.1. The van der Waals surface area contributed by atoms with Gasteiger partial charge in [0, 0.05) is 32.6 Å². The number of piperazine rings is 1. The molecule has 1 aromatic carbocycles. The minimum absolute atomic E-state index is 0.104. The molecule has 0 bridgehead atoms. The lowest BCUT2D eigenvalue weighted by molar-refractivity contribution is -0.140. The summed E-state index contributed by atoms with van der Waals surface area (Å²) in [7, 11) is 0. The summed E-state index contributed by atoms with van der Waals surface area (Å²) in [4.78, 5) is 53.7. The summed E-state index contributed by atoms with van der Waals surface area (Å²) in [6, 6.07) is 6.59. The summed E-state index contributed by atoms with van der Waals surface area (Å²) >= 11 is 0. The topological polar surface area (TPSA) is 78.0 Å². The number of carbonyl (C=O) groups is 4. The second kappa shape index (κ2) is 7.27. The van der Waals surface area contributed by atoms with Gasteiger partial charge in [-0.25, -0.2) is 0 Å². The lowest BCUT2D eigenvalue weighted by Crippen LogP contribution is -2.53. The summed E-state index contributed by atoms with van der Waals surface area (Å²) in [6.45, 7) is 5.56. The van der Waals surface area contributed by atoms with E-state index >= 15 is 0 Å². The Labute approximate surface area is 152 Å². The third-order valence-electron chi connectivity index (χ3n) is 4.74. The summed E-state index contributed by atoms with van der Waals surface area (Å²) in [6.07, 6.45) is 0.503. The quantitative estimate of drug-likeness (QED) is 0.753. The maximum absolute atomic E-state index is 12.5. The first-order chi connectivity index (χ1) is 12.4. The molecule has 0 aromatic heterocycles. The van der Waals surface area contributed by atoms with Crippen LogP contribution in [-0.2, 0) is 9.59 Å².